The van der Waals surface area contributed by atoms with Gasteiger partial charge in [0.1, 0.15) is 6.04 Å². The monoisotopic (exact) mass is 484 g/mol. The predicted octanol–water partition coefficient (Wildman–Crippen LogP) is 2.13. The predicted molar refractivity (Wildman–Crippen MR) is 114 cm³/mol. The molecule has 3 atom stereocenters. The van der Waals surface area contributed by atoms with Gasteiger partial charge >= 0.3 is 11.9 Å². The van der Waals surface area contributed by atoms with Gasteiger partial charge < -0.3 is 20.1 Å². The van der Waals surface area contributed by atoms with Crippen LogP contribution in [0.5, 0.6) is 0 Å². The van der Waals surface area contributed by atoms with E-state index in [1.165, 1.54) is 21.0 Å². The van der Waals surface area contributed by atoms with Crippen molar-refractivity contribution in [3.8, 4) is 0 Å². The molecule has 0 fully saturated rings. The Bertz CT molecular complexity index is 750. The molecule has 0 aromatic heterocycles. The molecule has 9 heteroatoms. The third-order valence-electron chi connectivity index (χ3n) is 4.18. The van der Waals surface area contributed by atoms with Crippen LogP contribution in [-0.2, 0) is 35.1 Å². The Morgan fingerprint density at radius 2 is 1.63 bits per heavy atom. The normalized spacial score (nSPS) is 13.7. The van der Waals surface area contributed by atoms with Gasteiger partial charge in [0.05, 0.1) is 13.2 Å². The molecule has 0 bridgehead atoms. The second-order valence-corrected chi connectivity index (χ2v) is 8.30. The molecule has 3 unspecified atom stereocenters. The summed E-state index contributed by atoms with van der Waals surface area (Å²) in [6.45, 7) is 6.29. The summed E-state index contributed by atoms with van der Waals surface area (Å²) in [7, 11) is 1.24. The van der Waals surface area contributed by atoms with Gasteiger partial charge in [-0.25, -0.2) is 4.79 Å². The summed E-state index contributed by atoms with van der Waals surface area (Å²) >= 11 is 3.36. The van der Waals surface area contributed by atoms with Crippen molar-refractivity contribution in [3.63, 3.8) is 0 Å². The van der Waals surface area contributed by atoms with Crippen molar-refractivity contribution in [2.45, 2.75) is 58.7 Å². The molecule has 1 aromatic carbocycles. The number of amides is 2. The van der Waals surface area contributed by atoms with Crippen molar-refractivity contribution in [2.24, 2.45) is 5.92 Å². The fourth-order valence-electron chi connectivity index (χ4n) is 2.95. The minimum absolute atomic E-state index is 0.107. The molecular weight excluding hydrogens is 456 g/mol. The first kappa shape index (κ1) is 25.6. The molecule has 2 amide bonds. The molecule has 0 radical (unpaired) electrons. The maximum absolute atomic E-state index is 13.0. The molecular formula is C21H29BrN2O6. The number of nitrogens with one attached hydrogen (secondary N) is 2. The quantitative estimate of drug-likeness (QED) is 0.492. The number of benzene rings is 1. The first-order valence-corrected chi connectivity index (χ1v) is 10.4. The Hall–Kier alpha value is -2.42. The van der Waals surface area contributed by atoms with Gasteiger partial charge in [-0.1, -0.05) is 41.9 Å². The van der Waals surface area contributed by atoms with Gasteiger partial charge in [-0.3, -0.25) is 14.4 Å². The number of rotatable bonds is 10. The SMILES string of the molecule is COC(=O)C(CC(C)C)NC(=O)C(OC(C)=O)C(Cc1ccc(Br)cc1)NC(C)=O. The van der Waals surface area contributed by atoms with E-state index in [0.29, 0.717) is 6.42 Å². The Morgan fingerprint density at radius 3 is 2.10 bits per heavy atom. The van der Waals surface area contributed by atoms with Crippen molar-refractivity contribution in [3.05, 3.63) is 34.3 Å². The summed E-state index contributed by atoms with van der Waals surface area (Å²) in [4.78, 5) is 48.5. The highest BCUT2D eigenvalue weighted by atomic mass is 79.9. The number of carbonyl (C=O) groups excluding carboxylic acids is 4. The first-order chi connectivity index (χ1) is 14.0. The van der Waals surface area contributed by atoms with Crippen LogP contribution in [0, 0.1) is 5.92 Å². The van der Waals surface area contributed by atoms with Crippen LogP contribution in [0.15, 0.2) is 28.7 Å². The fraction of sp³-hybridized carbons (Fsp3) is 0.524. The van der Waals surface area contributed by atoms with Gasteiger partial charge in [0.25, 0.3) is 5.91 Å². The van der Waals surface area contributed by atoms with Gasteiger partial charge in [-0.15, -0.1) is 0 Å². The largest absolute Gasteiger partial charge is 0.467 e. The zero-order chi connectivity index (χ0) is 22.8. The van der Waals surface area contributed by atoms with E-state index in [1.807, 2.05) is 38.1 Å². The molecule has 0 saturated carbocycles. The lowest BCUT2D eigenvalue weighted by Crippen LogP contribution is -2.56. The zero-order valence-corrected chi connectivity index (χ0v) is 19.4. The maximum atomic E-state index is 13.0. The van der Waals surface area contributed by atoms with Crippen molar-refractivity contribution in [2.75, 3.05) is 7.11 Å². The Labute approximate surface area is 185 Å². The molecule has 1 rings (SSSR count). The van der Waals surface area contributed by atoms with E-state index in [1.54, 1.807) is 0 Å². The Morgan fingerprint density at radius 1 is 1.03 bits per heavy atom. The molecule has 0 spiro atoms. The number of carbonyl (C=O) groups is 4. The lowest BCUT2D eigenvalue weighted by molar-refractivity contribution is -0.158. The van der Waals surface area contributed by atoms with Crippen molar-refractivity contribution >= 4 is 39.7 Å². The van der Waals surface area contributed by atoms with E-state index in [2.05, 4.69) is 26.6 Å². The molecule has 0 saturated heterocycles. The van der Waals surface area contributed by atoms with E-state index < -0.39 is 36.0 Å². The standard InChI is InChI=1S/C21H29BrN2O6/c1-12(2)10-18(21(28)29-5)24-20(27)19(30-14(4)26)17(23-13(3)25)11-15-6-8-16(22)9-7-15/h6-9,12,17-19H,10-11H2,1-5H3,(H,23,25)(H,24,27). The molecule has 166 valence electrons. The second kappa shape index (κ2) is 12.3. The van der Waals surface area contributed by atoms with Gasteiger partial charge in [0, 0.05) is 18.3 Å². The highest BCUT2D eigenvalue weighted by molar-refractivity contribution is 9.10. The van der Waals surface area contributed by atoms with Crippen LogP contribution in [0.2, 0.25) is 0 Å². The number of ether oxygens (including phenoxy) is 2. The van der Waals surface area contributed by atoms with E-state index in [0.717, 1.165) is 10.0 Å². The molecule has 0 aliphatic heterocycles. The van der Waals surface area contributed by atoms with Crippen LogP contribution in [0.3, 0.4) is 0 Å². The third kappa shape index (κ3) is 8.94. The summed E-state index contributed by atoms with van der Waals surface area (Å²) in [5.74, 6) is -2.23. The van der Waals surface area contributed by atoms with Crippen LogP contribution >= 0.6 is 15.9 Å². The van der Waals surface area contributed by atoms with Gasteiger partial charge in [-0.2, -0.15) is 0 Å². The number of hydrogen-bond donors (Lipinski definition) is 2. The first-order valence-electron chi connectivity index (χ1n) is 9.60. The van der Waals surface area contributed by atoms with Crippen molar-refractivity contribution in [1.82, 2.24) is 10.6 Å². The van der Waals surface area contributed by atoms with Crippen LogP contribution < -0.4 is 10.6 Å². The Kier molecular flexibility index (Phi) is 10.5. The molecule has 30 heavy (non-hydrogen) atoms. The number of halogens is 1. The van der Waals surface area contributed by atoms with Crippen LogP contribution in [-0.4, -0.2) is 49.1 Å². The minimum Gasteiger partial charge on any atom is -0.467 e. The maximum Gasteiger partial charge on any atom is 0.328 e. The Balaban J connectivity index is 3.16. The van der Waals surface area contributed by atoms with Crippen molar-refractivity contribution < 1.29 is 28.7 Å². The highest BCUT2D eigenvalue weighted by Gasteiger charge is 2.35. The molecule has 0 aliphatic carbocycles. The summed E-state index contributed by atoms with van der Waals surface area (Å²) in [6, 6.07) is 5.60. The van der Waals surface area contributed by atoms with Crippen LogP contribution in [0.1, 0.15) is 39.7 Å². The highest BCUT2D eigenvalue weighted by Crippen LogP contribution is 2.15. The van der Waals surface area contributed by atoms with E-state index >= 15 is 0 Å². The molecule has 2 N–H and O–H groups in total. The van der Waals surface area contributed by atoms with Gasteiger partial charge in [0.2, 0.25) is 5.91 Å². The third-order valence-corrected chi connectivity index (χ3v) is 4.71. The van der Waals surface area contributed by atoms with Crippen LogP contribution in [0.25, 0.3) is 0 Å². The van der Waals surface area contributed by atoms with Crippen LogP contribution in [0.4, 0.5) is 0 Å². The summed E-state index contributed by atoms with van der Waals surface area (Å²) in [6.07, 6.45) is -0.733. The molecule has 0 heterocycles. The van der Waals surface area contributed by atoms with E-state index in [-0.39, 0.29) is 18.2 Å². The van der Waals surface area contributed by atoms with Gasteiger partial charge in [0.15, 0.2) is 6.10 Å². The summed E-state index contributed by atoms with van der Waals surface area (Å²) in [5, 5.41) is 5.29. The zero-order valence-electron chi connectivity index (χ0n) is 17.9. The number of esters is 2. The topological polar surface area (TPSA) is 111 Å². The fourth-order valence-corrected chi connectivity index (χ4v) is 3.21. The summed E-state index contributed by atoms with van der Waals surface area (Å²) < 4.78 is 10.9. The molecule has 0 aliphatic rings. The number of hydrogen-bond acceptors (Lipinski definition) is 6. The smallest absolute Gasteiger partial charge is 0.328 e. The lowest BCUT2D eigenvalue weighted by Gasteiger charge is -2.28. The lowest BCUT2D eigenvalue weighted by atomic mass is 9.99. The molecule has 8 nitrogen and oxygen atoms in total. The average Bonchev–Trinajstić information content (AvgIpc) is 2.65. The second-order valence-electron chi connectivity index (χ2n) is 7.38. The van der Waals surface area contributed by atoms with E-state index in [4.69, 9.17) is 9.47 Å². The number of methoxy groups -OCH3 is 1. The summed E-state index contributed by atoms with van der Waals surface area (Å²) in [5.41, 5.74) is 0.827. The van der Waals surface area contributed by atoms with Gasteiger partial charge in [-0.05, 0) is 36.5 Å². The minimum atomic E-state index is -1.32. The average molecular weight is 485 g/mol. The molecule has 1 aromatic rings. The van der Waals surface area contributed by atoms with E-state index in [9.17, 15) is 19.2 Å². The van der Waals surface area contributed by atoms with Crippen molar-refractivity contribution in [1.29, 1.82) is 0 Å².